The van der Waals surface area contributed by atoms with Gasteiger partial charge in [-0.2, -0.15) is 9.41 Å². The number of aromatic nitrogens is 1. The summed E-state index contributed by atoms with van der Waals surface area (Å²) >= 11 is 0. The molecular weight excluding hydrogens is 424 g/mol. The molecule has 1 fully saturated rings. The number of piperidine rings is 1. The monoisotopic (exact) mass is 450 g/mol. The first-order valence-electron chi connectivity index (χ1n) is 10.6. The Balaban J connectivity index is 1.38. The van der Waals surface area contributed by atoms with Gasteiger partial charge in [-0.1, -0.05) is 48.9 Å². The van der Waals surface area contributed by atoms with Crippen LogP contribution in [0.25, 0.3) is 0 Å². The number of sulfonamides is 1. The van der Waals surface area contributed by atoms with Crippen LogP contribution in [0.2, 0.25) is 0 Å². The molecule has 0 bridgehead atoms. The zero-order chi connectivity index (χ0) is 22.2. The molecule has 0 atom stereocenters. The Labute approximate surface area is 188 Å². The van der Waals surface area contributed by atoms with Crippen molar-refractivity contribution < 1.29 is 13.2 Å². The quantitative estimate of drug-likeness (QED) is 0.409. The molecule has 0 saturated carbocycles. The first kappa shape index (κ1) is 22.0. The first-order chi connectivity index (χ1) is 15.6. The van der Waals surface area contributed by atoms with Gasteiger partial charge in [-0.3, -0.25) is 5.43 Å². The van der Waals surface area contributed by atoms with Crippen LogP contribution < -0.4 is 10.2 Å². The Bertz CT molecular complexity index is 1140. The highest BCUT2D eigenvalue weighted by atomic mass is 32.2. The van der Waals surface area contributed by atoms with Crippen LogP contribution in [0.5, 0.6) is 5.75 Å². The van der Waals surface area contributed by atoms with Gasteiger partial charge in [-0.15, -0.1) is 0 Å². The largest absolute Gasteiger partial charge is 0.488 e. The number of hydrogen-bond acceptors (Lipinski definition) is 6. The van der Waals surface area contributed by atoms with Crippen molar-refractivity contribution in [3.63, 3.8) is 0 Å². The Hall–Kier alpha value is -3.23. The van der Waals surface area contributed by atoms with E-state index in [0.717, 1.165) is 36.1 Å². The second-order valence-electron chi connectivity index (χ2n) is 7.53. The van der Waals surface area contributed by atoms with Gasteiger partial charge in [-0.25, -0.2) is 13.4 Å². The summed E-state index contributed by atoms with van der Waals surface area (Å²) in [6, 6.07) is 20.8. The molecule has 0 amide bonds. The van der Waals surface area contributed by atoms with Crippen LogP contribution in [0.3, 0.4) is 0 Å². The van der Waals surface area contributed by atoms with Crippen molar-refractivity contribution in [1.82, 2.24) is 9.29 Å². The number of para-hydroxylation sites is 1. The molecule has 2 aromatic carbocycles. The number of anilines is 1. The van der Waals surface area contributed by atoms with Crippen LogP contribution in [-0.4, -0.2) is 37.0 Å². The van der Waals surface area contributed by atoms with E-state index in [1.54, 1.807) is 18.3 Å². The fourth-order valence-electron chi connectivity index (χ4n) is 3.48. The number of hydrazone groups is 1. The smallest absolute Gasteiger partial charge is 0.244 e. The lowest BCUT2D eigenvalue weighted by Gasteiger charge is -2.25. The molecule has 0 aliphatic carbocycles. The number of rotatable bonds is 8. The minimum absolute atomic E-state index is 0.202. The molecule has 0 spiro atoms. The van der Waals surface area contributed by atoms with Crippen molar-refractivity contribution in [2.75, 3.05) is 18.5 Å². The fraction of sp³-hybridized carbons (Fsp3) is 0.250. The van der Waals surface area contributed by atoms with E-state index in [9.17, 15) is 8.42 Å². The second kappa shape index (κ2) is 10.4. The number of pyridine rings is 1. The number of benzene rings is 2. The van der Waals surface area contributed by atoms with E-state index in [1.165, 1.54) is 10.5 Å². The number of nitrogens with one attached hydrogen (secondary N) is 1. The van der Waals surface area contributed by atoms with Crippen LogP contribution in [0.4, 0.5) is 5.82 Å². The van der Waals surface area contributed by atoms with Crippen LogP contribution in [0.1, 0.15) is 30.4 Å². The zero-order valence-electron chi connectivity index (χ0n) is 17.7. The van der Waals surface area contributed by atoms with Gasteiger partial charge in [0, 0.05) is 24.8 Å². The number of ether oxygens (including phenoxy) is 1. The third kappa shape index (κ3) is 5.52. The fourth-order valence-corrected chi connectivity index (χ4v) is 4.94. The van der Waals surface area contributed by atoms with Gasteiger partial charge in [0.2, 0.25) is 10.0 Å². The molecule has 3 aromatic rings. The molecular formula is C24H26N4O3S. The van der Waals surface area contributed by atoms with Gasteiger partial charge in [0.15, 0.2) is 0 Å². The van der Waals surface area contributed by atoms with Gasteiger partial charge in [0.05, 0.1) is 6.21 Å². The lowest BCUT2D eigenvalue weighted by atomic mass is 10.2. The SMILES string of the molecule is O=S(=O)(c1ccc(NN=Cc2ccccc2OCc2ccccc2)nc1)N1CCCCC1. The van der Waals surface area contributed by atoms with Gasteiger partial charge in [0.25, 0.3) is 0 Å². The normalized spacial score (nSPS) is 15.0. The average Bonchev–Trinajstić information content (AvgIpc) is 2.85. The molecule has 0 radical (unpaired) electrons. The highest BCUT2D eigenvalue weighted by Gasteiger charge is 2.26. The third-order valence-electron chi connectivity index (χ3n) is 5.23. The molecule has 0 unspecified atom stereocenters. The Morgan fingerprint density at radius 1 is 0.969 bits per heavy atom. The van der Waals surface area contributed by atoms with Crippen LogP contribution in [0, 0.1) is 0 Å². The van der Waals surface area contributed by atoms with Crippen molar-refractivity contribution >= 4 is 22.1 Å². The Morgan fingerprint density at radius 3 is 2.47 bits per heavy atom. The molecule has 1 aromatic heterocycles. The number of nitrogens with zero attached hydrogens (tertiary/aromatic N) is 3. The van der Waals surface area contributed by atoms with Gasteiger partial charge in [-0.05, 0) is 42.7 Å². The maximum Gasteiger partial charge on any atom is 0.244 e. The minimum Gasteiger partial charge on any atom is -0.488 e. The predicted octanol–water partition coefficient (Wildman–Crippen LogP) is 4.28. The summed E-state index contributed by atoms with van der Waals surface area (Å²) in [4.78, 5) is 4.41. The molecule has 166 valence electrons. The highest BCUT2D eigenvalue weighted by Crippen LogP contribution is 2.21. The summed E-state index contributed by atoms with van der Waals surface area (Å²) < 4.78 is 32.9. The summed E-state index contributed by atoms with van der Waals surface area (Å²) in [5.74, 6) is 1.18. The van der Waals surface area contributed by atoms with E-state index >= 15 is 0 Å². The van der Waals surface area contributed by atoms with Gasteiger partial charge in [0.1, 0.15) is 23.1 Å². The standard InChI is InChI=1S/C24H26N4O3S/c29-32(30,28-15-7-2-8-16-28)22-13-14-24(25-18-22)27-26-17-21-11-5-6-12-23(21)31-19-20-9-3-1-4-10-20/h1,3-6,9-14,17-18H,2,7-8,15-16,19H2,(H,25,27). The van der Waals surface area contributed by atoms with Crippen LogP contribution in [-0.2, 0) is 16.6 Å². The van der Waals surface area contributed by atoms with E-state index in [1.807, 2.05) is 54.6 Å². The third-order valence-corrected chi connectivity index (χ3v) is 7.11. The van der Waals surface area contributed by atoms with Crippen LogP contribution in [0.15, 0.2) is 82.9 Å². The lowest BCUT2D eigenvalue weighted by molar-refractivity contribution is 0.306. The molecule has 1 saturated heterocycles. The maximum absolute atomic E-state index is 12.7. The summed E-state index contributed by atoms with van der Waals surface area (Å²) in [7, 11) is -3.49. The van der Waals surface area contributed by atoms with Crippen molar-refractivity contribution in [3.8, 4) is 5.75 Å². The topological polar surface area (TPSA) is 83.9 Å². The van der Waals surface area contributed by atoms with Crippen molar-refractivity contribution in [1.29, 1.82) is 0 Å². The van der Waals surface area contributed by atoms with Crippen molar-refractivity contribution in [2.24, 2.45) is 5.10 Å². The maximum atomic E-state index is 12.7. The van der Waals surface area contributed by atoms with E-state index in [0.29, 0.717) is 25.5 Å². The van der Waals surface area contributed by atoms with Crippen molar-refractivity contribution in [3.05, 3.63) is 84.1 Å². The predicted molar refractivity (Wildman–Crippen MR) is 125 cm³/mol. The van der Waals surface area contributed by atoms with Gasteiger partial charge < -0.3 is 4.74 Å². The molecule has 2 heterocycles. The van der Waals surface area contributed by atoms with Gasteiger partial charge >= 0.3 is 0 Å². The van der Waals surface area contributed by atoms with E-state index < -0.39 is 10.0 Å². The lowest BCUT2D eigenvalue weighted by Crippen LogP contribution is -2.35. The Morgan fingerprint density at radius 2 is 1.72 bits per heavy atom. The zero-order valence-corrected chi connectivity index (χ0v) is 18.5. The molecule has 1 aliphatic rings. The molecule has 1 N–H and O–H groups in total. The van der Waals surface area contributed by atoms with Crippen molar-refractivity contribution in [2.45, 2.75) is 30.8 Å². The summed E-state index contributed by atoms with van der Waals surface area (Å²) in [6.07, 6.45) is 5.90. The number of hydrogen-bond donors (Lipinski definition) is 1. The average molecular weight is 451 g/mol. The summed E-state index contributed by atoms with van der Waals surface area (Å²) in [6.45, 7) is 1.60. The second-order valence-corrected chi connectivity index (χ2v) is 9.46. The Kier molecular flexibility index (Phi) is 7.14. The molecule has 4 rings (SSSR count). The van der Waals surface area contributed by atoms with Crippen LogP contribution >= 0.6 is 0 Å². The first-order valence-corrected chi connectivity index (χ1v) is 12.1. The molecule has 1 aliphatic heterocycles. The minimum atomic E-state index is -3.49. The summed E-state index contributed by atoms with van der Waals surface area (Å²) in [5.41, 5.74) is 4.75. The molecule has 8 heteroatoms. The molecule has 7 nitrogen and oxygen atoms in total. The summed E-state index contributed by atoms with van der Waals surface area (Å²) in [5, 5.41) is 4.23. The van der Waals surface area contributed by atoms with E-state index in [4.69, 9.17) is 4.74 Å². The highest BCUT2D eigenvalue weighted by molar-refractivity contribution is 7.89. The molecule has 32 heavy (non-hydrogen) atoms. The van der Waals surface area contributed by atoms with E-state index in [2.05, 4.69) is 15.5 Å². The van der Waals surface area contributed by atoms with E-state index in [-0.39, 0.29) is 4.90 Å².